The first kappa shape index (κ1) is 15.9. The predicted molar refractivity (Wildman–Crippen MR) is 72.6 cm³/mol. The summed E-state index contributed by atoms with van der Waals surface area (Å²) in [7, 11) is 0. The summed E-state index contributed by atoms with van der Waals surface area (Å²) >= 11 is 0. The van der Waals surface area contributed by atoms with Crippen LogP contribution >= 0.6 is 0 Å². The Balaban J connectivity index is 2.41. The molecule has 0 aromatic carbocycles. The molecule has 0 radical (unpaired) electrons. The number of ether oxygens (including phenoxy) is 1. The Hall–Kier alpha value is -1.14. The van der Waals surface area contributed by atoms with Gasteiger partial charge in [-0.2, -0.15) is 0 Å². The van der Waals surface area contributed by atoms with Gasteiger partial charge in [0.05, 0.1) is 6.10 Å². The van der Waals surface area contributed by atoms with Gasteiger partial charge in [-0.3, -0.25) is 10.1 Å². The third kappa shape index (κ3) is 5.57. The van der Waals surface area contributed by atoms with Gasteiger partial charge < -0.3 is 15.8 Å². The van der Waals surface area contributed by atoms with Crippen molar-refractivity contribution in [2.45, 2.75) is 64.2 Å². The zero-order valence-electron chi connectivity index (χ0n) is 11.8. The van der Waals surface area contributed by atoms with Crippen LogP contribution in [-0.4, -0.2) is 36.7 Å². The van der Waals surface area contributed by atoms with Crippen LogP contribution in [-0.2, 0) is 9.53 Å². The second kappa shape index (κ2) is 8.12. The highest BCUT2D eigenvalue weighted by molar-refractivity contribution is 5.96. The Bertz CT molecular complexity index is 310. The van der Waals surface area contributed by atoms with E-state index in [2.05, 4.69) is 10.6 Å². The number of hydrogen-bond acceptors (Lipinski definition) is 4. The fraction of sp³-hybridized carbons (Fsp3) is 0.846. The van der Waals surface area contributed by atoms with Crippen LogP contribution in [0.25, 0.3) is 0 Å². The number of nitrogens with two attached hydrogens (primary N) is 1. The van der Waals surface area contributed by atoms with Gasteiger partial charge in [-0.15, -0.1) is 0 Å². The lowest BCUT2D eigenvalue weighted by molar-refractivity contribution is -0.135. The highest BCUT2D eigenvalue weighted by Crippen LogP contribution is 2.20. The van der Waals surface area contributed by atoms with Gasteiger partial charge in [-0.1, -0.05) is 19.3 Å². The van der Waals surface area contributed by atoms with E-state index in [0.717, 1.165) is 32.1 Å². The number of carbonyl (C=O) groups excluding carboxylic acids is 2. The molecule has 4 N–H and O–H groups in total. The normalized spacial score (nSPS) is 25.2. The van der Waals surface area contributed by atoms with Crippen molar-refractivity contribution < 1.29 is 14.3 Å². The number of carbonyl (C=O) groups is 2. The molecule has 3 atom stereocenters. The first-order chi connectivity index (χ1) is 9.04. The molecule has 1 aliphatic rings. The SMILES string of the molecule is CCNC(=O)NC(=O)C(C)OC1CCCCCC1N. The van der Waals surface area contributed by atoms with Crippen LogP contribution in [0.15, 0.2) is 0 Å². The van der Waals surface area contributed by atoms with Gasteiger partial charge in [0, 0.05) is 12.6 Å². The van der Waals surface area contributed by atoms with Gasteiger partial charge in [0.25, 0.3) is 5.91 Å². The second-order valence-electron chi connectivity index (χ2n) is 4.97. The number of hydrogen-bond donors (Lipinski definition) is 3. The van der Waals surface area contributed by atoms with Crippen LogP contribution in [0, 0.1) is 0 Å². The van der Waals surface area contributed by atoms with Gasteiger partial charge in [-0.05, 0) is 26.7 Å². The molecule has 3 amide bonds. The van der Waals surface area contributed by atoms with Gasteiger partial charge in [0.1, 0.15) is 6.10 Å². The molecule has 0 saturated heterocycles. The molecule has 0 aliphatic heterocycles. The molecule has 3 unspecified atom stereocenters. The van der Waals surface area contributed by atoms with Gasteiger partial charge in [-0.25, -0.2) is 4.79 Å². The van der Waals surface area contributed by atoms with E-state index < -0.39 is 18.0 Å². The van der Waals surface area contributed by atoms with Crippen molar-refractivity contribution >= 4 is 11.9 Å². The lowest BCUT2D eigenvalue weighted by atomic mass is 10.1. The minimum absolute atomic E-state index is 0.0257. The molecule has 110 valence electrons. The summed E-state index contributed by atoms with van der Waals surface area (Å²) in [4.78, 5) is 23.0. The van der Waals surface area contributed by atoms with Crippen molar-refractivity contribution in [2.24, 2.45) is 5.73 Å². The van der Waals surface area contributed by atoms with Gasteiger partial charge in [0.15, 0.2) is 0 Å². The minimum atomic E-state index is -0.670. The summed E-state index contributed by atoms with van der Waals surface area (Å²) in [5.41, 5.74) is 6.04. The summed E-state index contributed by atoms with van der Waals surface area (Å²) in [5.74, 6) is -0.428. The summed E-state index contributed by atoms with van der Waals surface area (Å²) in [6, 6.07) is -0.518. The average molecular weight is 271 g/mol. The van der Waals surface area contributed by atoms with E-state index in [1.807, 2.05) is 0 Å². The Morgan fingerprint density at radius 3 is 2.68 bits per heavy atom. The molecule has 1 saturated carbocycles. The first-order valence-corrected chi connectivity index (χ1v) is 7.04. The number of nitrogens with one attached hydrogen (secondary N) is 2. The van der Waals surface area contributed by atoms with Gasteiger partial charge in [0.2, 0.25) is 0 Å². The van der Waals surface area contributed by atoms with Crippen LogP contribution in [0.1, 0.15) is 46.0 Å². The Morgan fingerprint density at radius 2 is 2.00 bits per heavy atom. The molecular weight excluding hydrogens is 246 g/mol. The Morgan fingerprint density at radius 1 is 1.32 bits per heavy atom. The fourth-order valence-electron chi connectivity index (χ4n) is 2.21. The monoisotopic (exact) mass is 271 g/mol. The maximum atomic E-state index is 11.8. The lowest BCUT2D eigenvalue weighted by Crippen LogP contribution is -2.47. The molecule has 6 heteroatoms. The maximum Gasteiger partial charge on any atom is 0.321 e. The maximum absolute atomic E-state index is 11.8. The molecule has 1 aliphatic carbocycles. The van der Waals surface area contributed by atoms with E-state index >= 15 is 0 Å². The molecule has 0 heterocycles. The van der Waals surface area contributed by atoms with Crippen LogP contribution < -0.4 is 16.4 Å². The number of imide groups is 1. The summed E-state index contributed by atoms with van der Waals surface area (Å²) < 4.78 is 5.71. The van der Waals surface area contributed by atoms with Crippen LogP contribution in [0.5, 0.6) is 0 Å². The Kier molecular flexibility index (Phi) is 6.80. The van der Waals surface area contributed by atoms with Crippen molar-refractivity contribution in [3.63, 3.8) is 0 Å². The largest absolute Gasteiger partial charge is 0.364 e. The van der Waals surface area contributed by atoms with Gasteiger partial charge >= 0.3 is 6.03 Å². The summed E-state index contributed by atoms with van der Waals surface area (Å²) in [5, 5.41) is 4.75. The molecule has 0 bridgehead atoms. The third-order valence-corrected chi connectivity index (χ3v) is 3.33. The van der Waals surface area contributed by atoms with Crippen LogP contribution in [0.3, 0.4) is 0 Å². The molecule has 19 heavy (non-hydrogen) atoms. The van der Waals surface area contributed by atoms with Crippen LogP contribution in [0.4, 0.5) is 4.79 Å². The zero-order valence-corrected chi connectivity index (χ0v) is 11.8. The topological polar surface area (TPSA) is 93.5 Å². The van der Waals surface area contributed by atoms with Crippen LogP contribution in [0.2, 0.25) is 0 Å². The number of urea groups is 1. The molecule has 1 rings (SSSR count). The standard InChI is InChI=1S/C13H25N3O3/c1-3-15-13(18)16-12(17)9(2)19-11-8-6-4-5-7-10(11)14/h9-11H,3-8,14H2,1-2H3,(H2,15,16,17,18). The average Bonchev–Trinajstić information content (AvgIpc) is 2.55. The van der Waals surface area contributed by atoms with Crippen molar-refractivity contribution in [3.05, 3.63) is 0 Å². The predicted octanol–water partition coefficient (Wildman–Crippen LogP) is 0.897. The third-order valence-electron chi connectivity index (χ3n) is 3.33. The molecular formula is C13H25N3O3. The highest BCUT2D eigenvalue weighted by atomic mass is 16.5. The van der Waals surface area contributed by atoms with Crippen molar-refractivity contribution in [2.75, 3.05) is 6.54 Å². The molecule has 0 spiro atoms. The van der Waals surface area contributed by atoms with E-state index in [4.69, 9.17) is 10.5 Å². The minimum Gasteiger partial charge on any atom is -0.364 e. The Labute approximate surface area is 114 Å². The second-order valence-corrected chi connectivity index (χ2v) is 4.97. The quantitative estimate of drug-likeness (QED) is 0.662. The first-order valence-electron chi connectivity index (χ1n) is 7.04. The van der Waals surface area contributed by atoms with Crippen molar-refractivity contribution in [1.29, 1.82) is 0 Å². The molecule has 0 aromatic rings. The molecule has 0 aromatic heterocycles. The zero-order chi connectivity index (χ0) is 14.3. The fourth-order valence-corrected chi connectivity index (χ4v) is 2.21. The smallest absolute Gasteiger partial charge is 0.321 e. The van der Waals surface area contributed by atoms with E-state index in [1.54, 1.807) is 13.8 Å². The van der Waals surface area contributed by atoms with Crippen molar-refractivity contribution in [3.8, 4) is 0 Å². The number of amides is 3. The summed E-state index contributed by atoms with van der Waals surface area (Å²) in [6.45, 7) is 3.91. The van der Waals surface area contributed by atoms with E-state index in [-0.39, 0.29) is 12.1 Å². The summed E-state index contributed by atoms with van der Waals surface area (Å²) in [6.07, 6.45) is 4.38. The molecule has 6 nitrogen and oxygen atoms in total. The van der Waals surface area contributed by atoms with E-state index in [1.165, 1.54) is 0 Å². The lowest BCUT2D eigenvalue weighted by Gasteiger charge is -2.25. The number of rotatable bonds is 4. The molecule has 1 fully saturated rings. The van der Waals surface area contributed by atoms with E-state index in [0.29, 0.717) is 6.54 Å². The van der Waals surface area contributed by atoms with E-state index in [9.17, 15) is 9.59 Å². The van der Waals surface area contributed by atoms with Crippen molar-refractivity contribution in [1.82, 2.24) is 10.6 Å². The highest BCUT2D eigenvalue weighted by Gasteiger charge is 2.26.